The lowest BCUT2D eigenvalue weighted by atomic mass is 9.99. The number of anilines is 2. The number of likely N-dealkylation sites (tertiary alicyclic amines) is 1. The molecule has 2 aliphatic heterocycles. The van der Waals surface area contributed by atoms with Gasteiger partial charge in [-0.05, 0) is 63.6 Å². The van der Waals surface area contributed by atoms with Gasteiger partial charge in [-0.25, -0.2) is 13.8 Å². The lowest BCUT2D eigenvalue weighted by molar-refractivity contribution is -0.137. The van der Waals surface area contributed by atoms with Crippen LogP contribution in [0.4, 0.5) is 33.6 Å². The molecule has 1 atom stereocenters. The van der Waals surface area contributed by atoms with Crippen molar-refractivity contribution in [3.8, 4) is 17.3 Å². The van der Waals surface area contributed by atoms with Crippen molar-refractivity contribution in [2.24, 2.45) is 0 Å². The van der Waals surface area contributed by atoms with Crippen molar-refractivity contribution in [1.82, 2.24) is 19.9 Å². The number of rotatable bonds is 5. The van der Waals surface area contributed by atoms with Crippen molar-refractivity contribution in [1.29, 1.82) is 0 Å². The lowest BCUT2D eigenvalue weighted by Crippen LogP contribution is -2.32. The molecule has 4 heterocycles. The van der Waals surface area contributed by atoms with Gasteiger partial charge in [0, 0.05) is 18.0 Å². The Morgan fingerprint density at radius 2 is 1.85 bits per heavy atom. The van der Waals surface area contributed by atoms with Crippen LogP contribution in [-0.4, -0.2) is 59.2 Å². The van der Waals surface area contributed by atoms with Gasteiger partial charge >= 0.3 is 12.2 Å². The van der Waals surface area contributed by atoms with E-state index in [1.807, 2.05) is 20.9 Å². The van der Waals surface area contributed by atoms with Crippen molar-refractivity contribution in [2.45, 2.75) is 52.3 Å². The number of fused-ring (bicyclic) bond motifs is 1. The van der Waals surface area contributed by atoms with Crippen LogP contribution in [0.2, 0.25) is 5.02 Å². The van der Waals surface area contributed by atoms with Gasteiger partial charge in [0.25, 0.3) is 0 Å². The first-order valence-electron chi connectivity index (χ1n) is 13.4. The minimum atomic E-state index is -4.86. The van der Waals surface area contributed by atoms with Gasteiger partial charge in [0.1, 0.15) is 29.6 Å². The third-order valence-corrected chi connectivity index (χ3v) is 7.38. The first kappa shape index (κ1) is 30.7. The highest BCUT2D eigenvalue weighted by Crippen LogP contribution is 2.44. The van der Waals surface area contributed by atoms with Gasteiger partial charge in [0.2, 0.25) is 0 Å². The summed E-state index contributed by atoms with van der Waals surface area (Å²) in [4.78, 5) is 16.2. The molecular weight excluding hydrogens is 567 g/mol. The Bertz CT molecular complexity index is 1460. The fourth-order valence-corrected chi connectivity index (χ4v) is 5.45. The number of nitrogens with zero attached hydrogens (tertiary/aromatic N) is 5. The van der Waals surface area contributed by atoms with E-state index in [2.05, 4.69) is 19.9 Å². The molecular formula is C28H32ClF5N6O. The summed E-state index contributed by atoms with van der Waals surface area (Å²) in [7, 11) is 1.96. The van der Waals surface area contributed by atoms with Gasteiger partial charge in [-0.1, -0.05) is 25.4 Å². The molecule has 0 bridgehead atoms. The summed E-state index contributed by atoms with van der Waals surface area (Å²) >= 11 is 6.43. The fourth-order valence-electron chi connectivity index (χ4n) is 5.16. The smallest absolute Gasteiger partial charge is 0.418 e. The van der Waals surface area contributed by atoms with Crippen molar-refractivity contribution in [3.63, 3.8) is 0 Å². The van der Waals surface area contributed by atoms with E-state index in [1.165, 1.54) is 19.1 Å². The molecule has 41 heavy (non-hydrogen) atoms. The molecule has 7 nitrogen and oxygen atoms in total. The number of nitrogens with two attached hydrogens (primary N) is 1. The SMILES string of the molecule is CC.Cc1cc(N)nc(-c2c(Cl)cc3c(N4CCC=C(F)C4)nc(OCC4CCCN4C)nc3c2F)c1C(F)(F)F. The minimum Gasteiger partial charge on any atom is -0.462 e. The van der Waals surface area contributed by atoms with E-state index in [9.17, 15) is 17.6 Å². The molecule has 13 heteroatoms. The topological polar surface area (TPSA) is 80.4 Å². The molecule has 0 spiro atoms. The van der Waals surface area contributed by atoms with Crippen LogP contribution in [0.1, 0.15) is 44.2 Å². The largest absolute Gasteiger partial charge is 0.462 e. The van der Waals surface area contributed by atoms with E-state index in [0.717, 1.165) is 25.5 Å². The standard InChI is InChI=1S/C26H26ClF5N6O.C2H6/c1-13-9-18(33)34-23(20(13)26(30,31)32)19-17(27)10-16-22(21(19)29)35-25(39-12-15-6-4-7-37(15)2)36-24(16)38-8-3-5-14(28)11-38;1-2/h5,9-10,15H,3-4,6-8,11-12H2,1-2H3,(H2,33,34);1-2H3. The van der Waals surface area contributed by atoms with Crippen molar-refractivity contribution in [3.05, 3.63) is 46.0 Å². The number of aryl methyl sites for hydroxylation is 1. The van der Waals surface area contributed by atoms with Crippen LogP contribution in [0.25, 0.3) is 22.2 Å². The third kappa shape index (κ3) is 6.33. The Balaban J connectivity index is 0.00000189. The number of pyridine rings is 1. The number of alkyl halides is 3. The van der Waals surface area contributed by atoms with E-state index >= 15 is 4.39 Å². The second-order valence-electron chi connectivity index (χ2n) is 9.81. The number of ether oxygens (including phenoxy) is 1. The third-order valence-electron chi connectivity index (χ3n) is 7.08. The van der Waals surface area contributed by atoms with Crippen LogP contribution in [0.15, 0.2) is 24.0 Å². The molecule has 3 aromatic rings. The Morgan fingerprint density at radius 3 is 2.49 bits per heavy atom. The van der Waals surface area contributed by atoms with Crippen LogP contribution in [0.3, 0.4) is 0 Å². The average Bonchev–Trinajstić information content (AvgIpc) is 3.32. The molecule has 0 amide bonds. The highest BCUT2D eigenvalue weighted by Gasteiger charge is 2.38. The second-order valence-corrected chi connectivity index (χ2v) is 10.2. The summed E-state index contributed by atoms with van der Waals surface area (Å²) in [6.45, 7) is 6.60. The number of nitrogen functional groups attached to an aromatic ring is 1. The van der Waals surface area contributed by atoms with Gasteiger partial charge in [-0.3, -0.25) is 0 Å². The van der Waals surface area contributed by atoms with E-state index in [4.69, 9.17) is 22.1 Å². The van der Waals surface area contributed by atoms with Gasteiger partial charge in [0.05, 0.1) is 28.4 Å². The number of benzene rings is 1. The number of aromatic nitrogens is 3. The fraction of sp³-hybridized carbons (Fsp3) is 0.464. The van der Waals surface area contributed by atoms with Gasteiger partial charge in [-0.2, -0.15) is 23.1 Å². The Morgan fingerprint density at radius 1 is 1.12 bits per heavy atom. The molecule has 2 aromatic heterocycles. The molecule has 222 valence electrons. The Hall–Kier alpha value is -3.25. The van der Waals surface area contributed by atoms with Gasteiger partial charge in [0.15, 0.2) is 5.82 Å². The predicted octanol–water partition coefficient (Wildman–Crippen LogP) is 6.96. The summed E-state index contributed by atoms with van der Waals surface area (Å²) in [6.07, 6.45) is -1.13. The minimum absolute atomic E-state index is 0.0996. The number of hydrogen-bond donors (Lipinski definition) is 1. The zero-order chi connectivity index (χ0) is 30.1. The molecule has 2 N–H and O–H groups in total. The molecule has 0 aliphatic carbocycles. The molecule has 1 fully saturated rings. The van der Waals surface area contributed by atoms with Crippen LogP contribution in [0.5, 0.6) is 6.01 Å². The van der Waals surface area contributed by atoms with E-state index in [0.29, 0.717) is 13.0 Å². The van der Waals surface area contributed by atoms with Gasteiger partial charge in [-0.15, -0.1) is 0 Å². The van der Waals surface area contributed by atoms with E-state index < -0.39 is 28.8 Å². The van der Waals surface area contributed by atoms with Crippen molar-refractivity contribution >= 4 is 34.1 Å². The molecule has 1 saturated heterocycles. The normalized spacial score (nSPS) is 17.9. The zero-order valence-electron chi connectivity index (χ0n) is 23.2. The maximum absolute atomic E-state index is 16.3. The van der Waals surface area contributed by atoms with Crippen LogP contribution < -0.4 is 15.4 Å². The lowest BCUT2D eigenvalue weighted by Gasteiger charge is -2.27. The molecule has 1 unspecified atom stereocenters. The first-order valence-corrected chi connectivity index (χ1v) is 13.8. The molecule has 0 radical (unpaired) electrons. The van der Waals surface area contributed by atoms with Crippen LogP contribution >= 0.6 is 11.6 Å². The van der Waals surface area contributed by atoms with Crippen molar-refractivity contribution in [2.75, 3.05) is 43.9 Å². The average molecular weight is 599 g/mol. The van der Waals surface area contributed by atoms with Crippen LogP contribution in [0, 0.1) is 12.7 Å². The summed E-state index contributed by atoms with van der Waals surface area (Å²) in [5.41, 5.74) is 2.70. The Labute approximate surface area is 240 Å². The summed E-state index contributed by atoms with van der Waals surface area (Å²) in [5, 5.41) is -0.238. The quantitative estimate of drug-likeness (QED) is 0.318. The second kappa shape index (κ2) is 12.3. The number of halogens is 6. The molecule has 0 saturated carbocycles. The molecule has 5 rings (SSSR count). The van der Waals surface area contributed by atoms with Crippen molar-refractivity contribution < 1.29 is 26.7 Å². The maximum atomic E-state index is 16.3. The van der Waals surface area contributed by atoms with E-state index in [-0.39, 0.29) is 64.2 Å². The monoisotopic (exact) mass is 598 g/mol. The summed E-state index contributed by atoms with van der Waals surface area (Å²) in [5.74, 6) is -1.59. The first-order chi connectivity index (χ1) is 19.4. The van der Waals surface area contributed by atoms with E-state index in [1.54, 1.807) is 4.90 Å². The van der Waals surface area contributed by atoms with Gasteiger partial charge < -0.3 is 20.3 Å². The summed E-state index contributed by atoms with van der Waals surface area (Å²) in [6, 6.07) is 2.26. The highest BCUT2D eigenvalue weighted by atomic mass is 35.5. The summed E-state index contributed by atoms with van der Waals surface area (Å²) < 4.78 is 78.5. The zero-order valence-corrected chi connectivity index (χ0v) is 24.0. The predicted molar refractivity (Wildman–Crippen MR) is 150 cm³/mol. The molecule has 1 aromatic carbocycles. The highest BCUT2D eigenvalue weighted by molar-refractivity contribution is 6.34. The number of hydrogen-bond acceptors (Lipinski definition) is 7. The maximum Gasteiger partial charge on any atom is 0.418 e. The van der Waals surface area contributed by atoms with Crippen LogP contribution in [-0.2, 0) is 6.18 Å². The molecule has 2 aliphatic rings. The number of likely N-dealkylation sites (N-methyl/N-ethyl adjacent to an activating group) is 1. The Kier molecular flexibility index (Phi) is 9.22.